The van der Waals surface area contributed by atoms with E-state index >= 15 is 0 Å². The Labute approximate surface area is 98.0 Å². The maximum atomic E-state index is 2.46. The van der Waals surface area contributed by atoms with E-state index in [0.29, 0.717) is 6.17 Å². The number of nitrogens with two attached hydrogens (primary N) is 1. The predicted molar refractivity (Wildman–Crippen MR) is 66.7 cm³/mol. The Morgan fingerprint density at radius 1 is 1.25 bits per heavy atom. The van der Waals surface area contributed by atoms with Crippen molar-refractivity contribution in [1.29, 1.82) is 0 Å². The summed E-state index contributed by atoms with van der Waals surface area (Å²) in [5, 5.41) is 2.46. The van der Waals surface area contributed by atoms with E-state index in [1.165, 1.54) is 30.8 Å². The molecule has 0 radical (unpaired) electrons. The zero-order valence-electron chi connectivity index (χ0n) is 10.5. The fourth-order valence-corrected chi connectivity index (χ4v) is 2.42. The largest absolute Gasteiger partial charge is 0.378 e. The van der Waals surface area contributed by atoms with Gasteiger partial charge < -0.3 is 4.90 Å². The normalized spacial score (nSPS) is 25.4. The van der Waals surface area contributed by atoms with Crippen LogP contribution in [0.5, 0.6) is 0 Å². The summed E-state index contributed by atoms with van der Waals surface area (Å²) < 4.78 is 0. The molecule has 3 nitrogen and oxygen atoms in total. The number of benzene rings is 1. The second kappa shape index (κ2) is 4.85. The molecule has 0 spiro atoms. The first-order chi connectivity index (χ1) is 7.68. The average molecular weight is 221 g/mol. The molecule has 0 aromatic heterocycles. The highest BCUT2D eigenvalue weighted by Gasteiger charge is 2.26. The molecule has 2 rings (SSSR count). The lowest BCUT2D eigenvalue weighted by atomic mass is 10.1. The molecule has 3 N–H and O–H groups in total. The highest BCUT2D eigenvalue weighted by atomic mass is 15.3. The molecule has 2 atom stereocenters. The van der Waals surface area contributed by atoms with Crippen molar-refractivity contribution < 1.29 is 10.2 Å². The van der Waals surface area contributed by atoms with E-state index in [9.17, 15) is 0 Å². The van der Waals surface area contributed by atoms with Crippen LogP contribution >= 0.6 is 0 Å². The van der Waals surface area contributed by atoms with Crippen molar-refractivity contribution in [2.45, 2.75) is 12.6 Å². The van der Waals surface area contributed by atoms with Gasteiger partial charge in [-0.05, 0) is 24.3 Å². The van der Waals surface area contributed by atoms with Crippen molar-refractivity contribution in [3.63, 3.8) is 0 Å². The lowest BCUT2D eigenvalue weighted by molar-refractivity contribution is -1.05. The van der Waals surface area contributed by atoms with E-state index in [-0.39, 0.29) is 0 Å². The van der Waals surface area contributed by atoms with Crippen molar-refractivity contribution in [3.05, 3.63) is 29.8 Å². The third kappa shape index (κ3) is 2.36. The lowest BCUT2D eigenvalue weighted by Gasteiger charge is -2.27. The molecule has 0 saturated carbocycles. The first kappa shape index (κ1) is 11.4. The number of nitrogens with one attached hydrogen (secondary N) is 1. The van der Waals surface area contributed by atoms with Crippen LogP contribution in [0, 0.1) is 0 Å². The summed E-state index contributed by atoms with van der Waals surface area (Å²) in [5.74, 6) is 0. The van der Waals surface area contributed by atoms with Gasteiger partial charge in [-0.2, -0.15) is 0 Å². The van der Waals surface area contributed by atoms with Crippen LogP contribution in [-0.4, -0.2) is 34.2 Å². The van der Waals surface area contributed by atoms with Crippen molar-refractivity contribution >= 4 is 5.69 Å². The number of hydrogen-bond donors (Lipinski definition) is 2. The fraction of sp³-hybridized carbons (Fsp3) is 0.538. The minimum Gasteiger partial charge on any atom is -0.378 e. The van der Waals surface area contributed by atoms with Crippen LogP contribution in [0.1, 0.15) is 18.2 Å². The highest BCUT2D eigenvalue weighted by Crippen LogP contribution is 2.13. The maximum Gasteiger partial charge on any atom is 0.238 e. The second-order valence-electron chi connectivity index (χ2n) is 4.94. The van der Waals surface area contributed by atoms with Gasteiger partial charge in [-0.15, -0.1) is 0 Å². The summed E-state index contributed by atoms with van der Waals surface area (Å²) in [6, 6.07) is 8.97. The standard InChI is InChI=1S/C13H21N3/c1-15(2)12-7-5-11(6-8-12)13-14-9-4-10-16(13)3/h5-8,13-14H,4,9-10H2,1-3H3/p+2. The molecular weight excluding hydrogens is 198 g/mol. The monoisotopic (exact) mass is 221 g/mol. The summed E-state index contributed by atoms with van der Waals surface area (Å²) in [5.41, 5.74) is 2.72. The van der Waals surface area contributed by atoms with E-state index in [4.69, 9.17) is 0 Å². The topological polar surface area (TPSA) is 24.3 Å². The van der Waals surface area contributed by atoms with E-state index in [1.54, 1.807) is 4.90 Å². The molecule has 0 amide bonds. The number of hydrogen-bond acceptors (Lipinski definition) is 1. The SMILES string of the molecule is CN(C)c1ccc(C2[NH2+]CCC[NH+]2C)cc1. The Morgan fingerprint density at radius 3 is 2.50 bits per heavy atom. The van der Waals surface area contributed by atoms with E-state index in [1.807, 2.05) is 0 Å². The quantitative estimate of drug-likeness (QED) is 0.674. The summed E-state index contributed by atoms with van der Waals surface area (Å²) >= 11 is 0. The van der Waals surface area contributed by atoms with E-state index in [2.05, 4.69) is 55.6 Å². The van der Waals surface area contributed by atoms with Crippen LogP contribution in [0.2, 0.25) is 0 Å². The lowest BCUT2D eigenvalue weighted by Crippen LogP contribution is -3.23. The molecule has 1 fully saturated rings. The molecule has 2 unspecified atom stereocenters. The van der Waals surface area contributed by atoms with Gasteiger partial charge >= 0.3 is 0 Å². The van der Waals surface area contributed by atoms with Gasteiger partial charge in [-0.25, -0.2) is 0 Å². The summed E-state index contributed by atoms with van der Waals surface area (Å²) in [4.78, 5) is 3.76. The minimum absolute atomic E-state index is 0.588. The first-order valence-electron chi connectivity index (χ1n) is 6.11. The van der Waals surface area contributed by atoms with Crippen LogP contribution < -0.4 is 15.1 Å². The van der Waals surface area contributed by atoms with Crippen molar-refractivity contribution in [2.24, 2.45) is 0 Å². The molecule has 1 saturated heterocycles. The third-order valence-electron chi connectivity index (χ3n) is 3.48. The van der Waals surface area contributed by atoms with Crippen LogP contribution in [0.4, 0.5) is 5.69 Å². The average Bonchev–Trinajstić information content (AvgIpc) is 2.30. The Balaban J connectivity index is 2.14. The fourth-order valence-electron chi connectivity index (χ4n) is 2.42. The van der Waals surface area contributed by atoms with Gasteiger partial charge in [0.25, 0.3) is 0 Å². The zero-order chi connectivity index (χ0) is 11.5. The number of nitrogens with zero attached hydrogens (tertiary/aromatic N) is 1. The van der Waals surface area contributed by atoms with Gasteiger partial charge in [0, 0.05) is 26.2 Å². The third-order valence-corrected chi connectivity index (χ3v) is 3.48. The van der Waals surface area contributed by atoms with E-state index in [0.717, 1.165) is 0 Å². The summed E-state index contributed by atoms with van der Waals surface area (Å²) in [6.45, 7) is 2.55. The van der Waals surface area contributed by atoms with Gasteiger partial charge in [-0.1, -0.05) is 0 Å². The summed E-state index contributed by atoms with van der Waals surface area (Å²) in [6.07, 6.45) is 1.92. The minimum atomic E-state index is 0.588. The highest BCUT2D eigenvalue weighted by molar-refractivity contribution is 5.46. The zero-order valence-corrected chi connectivity index (χ0v) is 10.5. The Hall–Kier alpha value is -1.06. The Morgan fingerprint density at radius 2 is 1.94 bits per heavy atom. The molecule has 1 aliphatic rings. The van der Waals surface area contributed by atoms with Crippen LogP contribution in [0.25, 0.3) is 0 Å². The molecule has 3 heteroatoms. The molecular formula is C13H23N3+2. The number of anilines is 1. The molecule has 1 aromatic carbocycles. The van der Waals surface area contributed by atoms with Crippen molar-refractivity contribution in [2.75, 3.05) is 39.1 Å². The van der Waals surface area contributed by atoms with Gasteiger partial charge in [0.2, 0.25) is 6.17 Å². The molecule has 0 aliphatic carbocycles. The van der Waals surface area contributed by atoms with Gasteiger partial charge in [0.15, 0.2) is 0 Å². The number of quaternary nitrogens is 2. The smallest absolute Gasteiger partial charge is 0.238 e. The second-order valence-corrected chi connectivity index (χ2v) is 4.94. The summed E-state index contributed by atoms with van der Waals surface area (Å²) in [7, 11) is 6.46. The number of rotatable bonds is 2. The molecule has 0 bridgehead atoms. The molecule has 1 aromatic rings. The Kier molecular flexibility index (Phi) is 3.46. The molecule has 16 heavy (non-hydrogen) atoms. The van der Waals surface area contributed by atoms with Crippen LogP contribution in [-0.2, 0) is 0 Å². The molecule has 1 heterocycles. The van der Waals surface area contributed by atoms with Crippen molar-refractivity contribution in [3.8, 4) is 0 Å². The van der Waals surface area contributed by atoms with Crippen molar-refractivity contribution in [1.82, 2.24) is 0 Å². The van der Waals surface area contributed by atoms with Crippen LogP contribution in [0.15, 0.2) is 24.3 Å². The van der Waals surface area contributed by atoms with Gasteiger partial charge in [0.05, 0.1) is 25.7 Å². The first-order valence-corrected chi connectivity index (χ1v) is 6.11. The van der Waals surface area contributed by atoms with Gasteiger partial charge in [0.1, 0.15) is 0 Å². The van der Waals surface area contributed by atoms with Gasteiger partial charge in [-0.3, -0.25) is 10.2 Å². The molecule has 88 valence electrons. The van der Waals surface area contributed by atoms with Crippen LogP contribution in [0.3, 0.4) is 0 Å². The van der Waals surface area contributed by atoms with E-state index < -0.39 is 0 Å². The Bertz CT molecular complexity index is 332. The molecule has 1 aliphatic heterocycles. The maximum absolute atomic E-state index is 2.46. The predicted octanol–water partition coefficient (Wildman–Crippen LogP) is -0.767.